The van der Waals surface area contributed by atoms with Crippen molar-refractivity contribution in [3.63, 3.8) is 0 Å². The molecule has 82 valence electrons. The zero-order valence-corrected chi connectivity index (χ0v) is 9.57. The predicted octanol–water partition coefficient (Wildman–Crippen LogP) is 1.58. The van der Waals surface area contributed by atoms with Crippen LogP contribution < -0.4 is 4.90 Å². The van der Waals surface area contributed by atoms with Gasteiger partial charge in [0, 0.05) is 24.1 Å². The van der Waals surface area contributed by atoms with Gasteiger partial charge in [-0.25, -0.2) is 0 Å². The summed E-state index contributed by atoms with van der Waals surface area (Å²) in [6.45, 7) is 3.67. The smallest absolute Gasteiger partial charge is 0.210 e. The van der Waals surface area contributed by atoms with Crippen LogP contribution in [0.15, 0.2) is 30.3 Å². The first-order valence-corrected chi connectivity index (χ1v) is 6.09. The standard InChI is InChI=1S/C11H15NO2S/c1-2-12(9-6-10-15(13)14)11-7-4-3-5-8-11/h3-5,7-8,10H,2,6,9H2,1H3. The summed E-state index contributed by atoms with van der Waals surface area (Å²) in [6, 6.07) is 9.98. The molecule has 0 saturated heterocycles. The molecule has 0 heterocycles. The van der Waals surface area contributed by atoms with Crippen LogP contribution in [0.4, 0.5) is 5.69 Å². The largest absolute Gasteiger partial charge is 0.371 e. The van der Waals surface area contributed by atoms with Crippen molar-refractivity contribution in [2.45, 2.75) is 13.3 Å². The Hall–Kier alpha value is -1.29. The highest BCUT2D eigenvalue weighted by molar-refractivity contribution is 7.71. The first-order chi connectivity index (χ1) is 7.24. The van der Waals surface area contributed by atoms with Crippen molar-refractivity contribution < 1.29 is 8.42 Å². The second-order valence-corrected chi connectivity index (χ2v) is 3.99. The number of nitrogens with zero attached hydrogens (tertiary/aromatic N) is 1. The third kappa shape index (κ3) is 4.16. The van der Waals surface area contributed by atoms with Crippen LogP contribution in [0.3, 0.4) is 0 Å². The van der Waals surface area contributed by atoms with Crippen LogP contribution in [-0.4, -0.2) is 26.9 Å². The lowest BCUT2D eigenvalue weighted by Crippen LogP contribution is -2.23. The summed E-state index contributed by atoms with van der Waals surface area (Å²) < 4.78 is 20.7. The lowest BCUT2D eigenvalue weighted by molar-refractivity contribution is 0.627. The topological polar surface area (TPSA) is 37.4 Å². The summed E-state index contributed by atoms with van der Waals surface area (Å²) in [5.74, 6) is 0. The molecular weight excluding hydrogens is 210 g/mol. The zero-order valence-electron chi connectivity index (χ0n) is 8.76. The third-order valence-corrected chi connectivity index (χ3v) is 2.66. The normalized spacial score (nSPS) is 9.67. The molecular formula is C11H15NO2S. The Labute approximate surface area is 91.9 Å². The van der Waals surface area contributed by atoms with Crippen molar-refractivity contribution in [2.24, 2.45) is 0 Å². The maximum atomic E-state index is 10.3. The Bertz CT molecular complexity index is 403. The van der Waals surface area contributed by atoms with Crippen LogP contribution in [-0.2, 0) is 10.3 Å². The van der Waals surface area contributed by atoms with Gasteiger partial charge in [0.15, 0.2) is 0 Å². The van der Waals surface area contributed by atoms with Gasteiger partial charge in [0.2, 0.25) is 10.3 Å². The molecule has 0 aliphatic carbocycles. The molecule has 0 radical (unpaired) electrons. The maximum absolute atomic E-state index is 10.3. The summed E-state index contributed by atoms with van der Waals surface area (Å²) in [6.07, 6.45) is 0.554. The summed E-state index contributed by atoms with van der Waals surface area (Å²) in [5.41, 5.74) is 1.13. The van der Waals surface area contributed by atoms with E-state index < -0.39 is 10.3 Å². The monoisotopic (exact) mass is 225 g/mol. The number of para-hydroxylation sites is 1. The average Bonchev–Trinajstić information content (AvgIpc) is 2.25. The van der Waals surface area contributed by atoms with Crippen molar-refractivity contribution in [3.8, 4) is 0 Å². The highest BCUT2D eigenvalue weighted by atomic mass is 32.2. The van der Waals surface area contributed by atoms with Crippen molar-refractivity contribution in [1.82, 2.24) is 0 Å². The molecule has 0 atom stereocenters. The Balaban J connectivity index is 2.61. The molecule has 4 heteroatoms. The molecule has 0 aliphatic rings. The lowest BCUT2D eigenvalue weighted by atomic mass is 10.3. The summed E-state index contributed by atoms with van der Waals surface area (Å²) >= 11 is 0. The number of benzene rings is 1. The second-order valence-electron chi connectivity index (χ2n) is 3.13. The minimum atomic E-state index is -2.04. The fourth-order valence-electron chi connectivity index (χ4n) is 1.41. The van der Waals surface area contributed by atoms with E-state index in [0.717, 1.165) is 18.8 Å². The predicted molar refractivity (Wildman–Crippen MR) is 63.9 cm³/mol. The highest BCUT2D eigenvalue weighted by Crippen LogP contribution is 2.12. The molecule has 0 amide bonds. The van der Waals surface area contributed by atoms with Crippen LogP contribution in [0.5, 0.6) is 0 Å². The molecule has 0 fully saturated rings. The van der Waals surface area contributed by atoms with E-state index in [0.29, 0.717) is 6.42 Å². The van der Waals surface area contributed by atoms with Gasteiger partial charge in [-0.15, -0.1) is 0 Å². The first-order valence-electron chi connectivity index (χ1n) is 4.95. The molecule has 0 spiro atoms. The van der Waals surface area contributed by atoms with Crippen molar-refractivity contribution in [3.05, 3.63) is 30.3 Å². The molecule has 0 N–H and O–H groups in total. The quantitative estimate of drug-likeness (QED) is 0.714. The lowest BCUT2D eigenvalue weighted by Gasteiger charge is -2.21. The minimum Gasteiger partial charge on any atom is -0.371 e. The SMILES string of the molecule is CCN(CCC=S(=O)=O)c1ccccc1. The van der Waals surface area contributed by atoms with Gasteiger partial charge in [-0.05, 0) is 25.5 Å². The molecule has 1 aromatic carbocycles. The van der Waals surface area contributed by atoms with Gasteiger partial charge in [-0.1, -0.05) is 18.2 Å². The maximum Gasteiger partial charge on any atom is 0.210 e. The van der Waals surface area contributed by atoms with Gasteiger partial charge < -0.3 is 4.90 Å². The van der Waals surface area contributed by atoms with Gasteiger partial charge in [0.05, 0.1) is 0 Å². The highest BCUT2D eigenvalue weighted by Gasteiger charge is 2.01. The van der Waals surface area contributed by atoms with Gasteiger partial charge in [0.1, 0.15) is 0 Å². The molecule has 1 aromatic rings. The van der Waals surface area contributed by atoms with E-state index in [4.69, 9.17) is 0 Å². The van der Waals surface area contributed by atoms with E-state index in [1.165, 1.54) is 5.37 Å². The summed E-state index contributed by atoms with van der Waals surface area (Å²) in [4.78, 5) is 2.14. The fourth-order valence-corrected chi connectivity index (χ4v) is 1.71. The van der Waals surface area contributed by atoms with Crippen LogP contribution >= 0.6 is 0 Å². The Morgan fingerprint density at radius 1 is 1.27 bits per heavy atom. The molecule has 1 rings (SSSR count). The molecule has 0 aliphatic heterocycles. The van der Waals surface area contributed by atoms with E-state index in [9.17, 15) is 8.42 Å². The molecule has 0 aromatic heterocycles. The van der Waals surface area contributed by atoms with E-state index >= 15 is 0 Å². The first kappa shape index (κ1) is 11.8. The van der Waals surface area contributed by atoms with Gasteiger partial charge in [-0.3, -0.25) is 0 Å². The Kier molecular flexibility index (Phi) is 4.90. The van der Waals surface area contributed by atoms with E-state index in [1.54, 1.807) is 0 Å². The average molecular weight is 225 g/mol. The zero-order chi connectivity index (χ0) is 11.1. The van der Waals surface area contributed by atoms with Crippen LogP contribution in [0.1, 0.15) is 13.3 Å². The summed E-state index contributed by atoms with van der Waals surface area (Å²) in [7, 11) is -2.04. The van der Waals surface area contributed by atoms with Gasteiger partial charge in [0.25, 0.3) is 0 Å². The fraction of sp³-hybridized carbons (Fsp3) is 0.364. The Morgan fingerprint density at radius 2 is 1.93 bits per heavy atom. The number of hydrogen-bond acceptors (Lipinski definition) is 3. The summed E-state index contributed by atoms with van der Waals surface area (Å²) in [5, 5.41) is 1.30. The molecule has 3 nitrogen and oxygen atoms in total. The van der Waals surface area contributed by atoms with Crippen molar-refractivity contribution in [1.29, 1.82) is 0 Å². The van der Waals surface area contributed by atoms with E-state index in [-0.39, 0.29) is 0 Å². The van der Waals surface area contributed by atoms with Crippen molar-refractivity contribution in [2.75, 3.05) is 18.0 Å². The third-order valence-electron chi connectivity index (χ3n) is 2.16. The van der Waals surface area contributed by atoms with Crippen molar-refractivity contribution >= 4 is 21.3 Å². The van der Waals surface area contributed by atoms with Crippen LogP contribution in [0.25, 0.3) is 0 Å². The number of hydrogen-bond donors (Lipinski definition) is 0. The van der Waals surface area contributed by atoms with Gasteiger partial charge in [-0.2, -0.15) is 8.42 Å². The second kappa shape index (κ2) is 6.24. The number of anilines is 1. The molecule has 15 heavy (non-hydrogen) atoms. The number of rotatable bonds is 5. The molecule has 0 unspecified atom stereocenters. The van der Waals surface area contributed by atoms with E-state index in [2.05, 4.69) is 11.8 Å². The minimum absolute atomic E-state index is 0.554. The van der Waals surface area contributed by atoms with Crippen LogP contribution in [0, 0.1) is 0 Å². The van der Waals surface area contributed by atoms with Gasteiger partial charge >= 0.3 is 0 Å². The molecule has 0 saturated carbocycles. The Morgan fingerprint density at radius 3 is 2.47 bits per heavy atom. The van der Waals surface area contributed by atoms with Crippen LogP contribution in [0.2, 0.25) is 0 Å². The molecule has 0 bridgehead atoms. The van der Waals surface area contributed by atoms with E-state index in [1.807, 2.05) is 30.3 Å².